The van der Waals surface area contributed by atoms with Crippen molar-refractivity contribution in [1.29, 1.82) is 0 Å². The molecule has 1 aromatic heterocycles. The Labute approximate surface area is 187 Å². The fourth-order valence-corrected chi connectivity index (χ4v) is 4.53. The zero-order chi connectivity index (χ0) is 21.3. The molecule has 5 aromatic carbocycles. The lowest BCUT2D eigenvalue weighted by atomic mass is 10.0. The van der Waals surface area contributed by atoms with Crippen LogP contribution in [0.5, 0.6) is 0 Å². The summed E-state index contributed by atoms with van der Waals surface area (Å²) in [6, 6.07) is 44.9. The van der Waals surface area contributed by atoms with Gasteiger partial charge in [-0.05, 0) is 48.0 Å². The highest BCUT2D eigenvalue weighted by molar-refractivity contribution is 6.10. The molecule has 0 bridgehead atoms. The van der Waals surface area contributed by atoms with Crippen molar-refractivity contribution in [2.45, 2.75) is 0 Å². The van der Waals surface area contributed by atoms with Gasteiger partial charge in [-0.15, -0.1) is 0 Å². The van der Waals surface area contributed by atoms with Crippen molar-refractivity contribution in [2.24, 2.45) is 0 Å². The Morgan fingerprint density at radius 3 is 1.97 bits per heavy atom. The maximum absolute atomic E-state index is 3.54. The quantitative estimate of drug-likeness (QED) is 0.310. The lowest BCUT2D eigenvalue weighted by Crippen LogP contribution is -1.97. The van der Waals surface area contributed by atoms with Gasteiger partial charge in [-0.3, -0.25) is 0 Å². The molecular formula is C30H22N2. The number of nitrogens with one attached hydrogen (secondary N) is 1. The van der Waals surface area contributed by atoms with Gasteiger partial charge in [0.25, 0.3) is 0 Å². The Bertz CT molecular complexity index is 1530. The van der Waals surface area contributed by atoms with E-state index >= 15 is 0 Å². The fraction of sp³-hybridized carbons (Fsp3) is 0. The summed E-state index contributed by atoms with van der Waals surface area (Å²) in [5.41, 5.74) is 8.22. The van der Waals surface area contributed by atoms with Crippen LogP contribution in [0.1, 0.15) is 0 Å². The van der Waals surface area contributed by atoms with Gasteiger partial charge in [-0.2, -0.15) is 0 Å². The predicted molar refractivity (Wildman–Crippen MR) is 136 cm³/mol. The van der Waals surface area contributed by atoms with E-state index in [0.717, 1.165) is 11.4 Å². The first kappa shape index (κ1) is 18.5. The number of aromatic nitrogens is 1. The number of fused-ring (bicyclic) bond motifs is 3. The Kier molecular flexibility index (Phi) is 4.47. The van der Waals surface area contributed by atoms with Gasteiger partial charge < -0.3 is 9.88 Å². The van der Waals surface area contributed by atoms with Crippen molar-refractivity contribution in [1.82, 2.24) is 4.57 Å². The van der Waals surface area contributed by atoms with E-state index in [9.17, 15) is 0 Å². The lowest BCUT2D eigenvalue weighted by Gasteiger charge is -2.14. The Hall–Kier alpha value is -4.30. The van der Waals surface area contributed by atoms with Crippen LogP contribution in [0.25, 0.3) is 38.6 Å². The van der Waals surface area contributed by atoms with Crippen molar-refractivity contribution in [3.63, 3.8) is 0 Å². The first-order valence-electron chi connectivity index (χ1n) is 10.9. The first-order valence-corrected chi connectivity index (χ1v) is 10.9. The molecular weight excluding hydrogens is 388 g/mol. The number of nitrogens with zero attached hydrogens (tertiary/aromatic N) is 1. The molecule has 0 atom stereocenters. The van der Waals surface area contributed by atoms with Gasteiger partial charge in [-0.1, -0.05) is 84.9 Å². The highest BCUT2D eigenvalue weighted by atomic mass is 15.0. The highest BCUT2D eigenvalue weighted by Gasteiger charge is 2.15. The van der Waals surface area contributed by atoms with Crippen LogP contribution in [-0.2, 0) is 0 Å². The van der Waals surface area contributed by atoms with Crippen LogP contribution in [-0.4, -0.2) is 4.57 Å². The van der Waals surface area contributed by atoms with Crippen LogP contribution in [0, 0.1) is 0 Å². The second-order valence-electron chi connectivity index (χ2n) is 7.96. The summed E-state index contributed by atoms with van der Waals surface area (Å²) < 4.78 is 2.39. The maximum Gasteiger partial charge on any atom is 0.0542 e. The van der Waals surface area contributed by atoms with Crippen LogP contribution in [0.4, 0.5) is 11.4 Å². The molecule has 0 amide bonds. The summed E-state index contributed by atoms with van der Waals surface area (Å²) in [7, 11) is 0. The minimum Gasteiger partial charge on any atom is -0.356 e. The third-order valence-electron chi connectivity index (χ3n) is 5.96. The number of para-hydroxylation sites is 3. The van der Waals surface area contributed by atoms with Crippen molar-refractivity contribution in [3.8, 4) is 16.8 Å². The van der Waals surface area contributed by atoms with E-state index < -0.39 is 0 Å². The lowest BCUT2D eigenvalue weighted by molar-refractivity contribution is 1.18. The van der Waals surface area contributed by atoms with E-state index in [1.54, 1.807) is 0 Å². The molecule has 0 spiro atoms. The number of anilines is 2. The Balaban J connectivity index is 1.59. The summed E-state index contributed by atoms with van der Waals surface area (Å²) in [5, 5.41) is 6.03. The van der Waals surface area contributed by atoms with E-state index in [1.165, 1.54) is 38.6 Å². The average molecular weight is 411 g/mol. The van der Waals surface area contributed by atoms with E-state index in [0.29, 0.717) is 0 Å². The fourth-order valence-electron chi connectivity index (χ4n) is 4.53. The molecule has 0 unspecified atom stereocenters. The molecule has 0 fully saturated rings. The minimum atomic E-state index is 1.09. The number of rotatable bonds is 4. The SMILES string of the molecule is c1ccc(Nc2ccc3c(c2)c2ccccc2n3-c2ccccc2-c2ccccc2)cc1. The molecule has 32 heavy (non-hydrogen) atoms. The minimum absolute atomic E-state index is 1.09. The average Bonchev–Trinajstić information content (AvgIpc) is 3.19. The highest BCUT2D eigenvalue weighted by Crippen LogP contribution is 2.37. The van der Waals surface area contributed by atoms with E-state index in [4.69, 9.17) is 0 Å². The molecule has 0 radical (unpaired) electrons. The predicted octanol–water partition coefficient (Wildman–Crippen LogP) is 8.19. The van der Waals surface area contributed by atoms with Crippen molar-refractivity contribution < 1.29 is 0 Å². The molecule has 1 heterocycles. The Morgan fingerprint density at radius 2 is 1.12 bits per heavy atom. The normalized spacial score (nSPS) is 11.1. The zero-order valence-corrected chi connectivity index (χ0v) is 17.6. The van der Waals surface area contributed by atoms with Gasteiger partial charge in [-0.25, -0.2) is 0 Å². The molecule has 152 valence electrons. The maximum atomic E-state index is 3.54. The van der Waals surface area contributed by atoms with Gasteiger partial charge >= 0.3 is 0 Å². The number of benzene rings is 5. The largest absolute Gasteiger partial charge is 0.356 e. The Morgan fingerprint density at radius 1 is 0.469 bits per heavy atom. The van der Waals surface area contributed by atoms with Crippen molar-refractivity contribution in [3.05, 3.63) is 127 Å². The second kappa shape index (κ2) is 7.75. The van der Waals surface area contributed by atoms with Crippen LogP contribution in [0.3, 0.4) is 0 Å². The van der Waals surface area contributed by atoms with Crippen LogP contribution in [0.15, 0.2) is 127 Å². The van der Waals surface area contributed by atoms with Crippen LogP contribution >= 0.6 is 0 Å². The molecule has 6 rings (SSSR count). The topological polar surface area (TPSA) is 17.0 Å². The summed E-state index contributed by atoms with van der Waals surface area (Å²) >= 11 is 0. The summed E-state index contributed by atoms with van der Waals surface area (Å²) in [6.45, 7) is 0. The third kappa shape index (κ3) is 3.14. The first-order chi connectivity index (χ1) is 15.9. The van der Waals surface area contributed by atoms with Gasteiger partial charge in [0.05, 0.1) is 16.7 Å². The summed E-state index contributed by atoms with van der Waals surface area (Å²) in [4.78, 5) is 0. The molecule has 0 aliphatic carbocycles. The van der Waals surface area contributed by atoms with E-state index in [-0.39, 0.29) is 0 Å². The van der Waals surface area contributed by atoms with Gasteiger partial charge in [0.2, 0.25) is 0 Å². The molecule has 6 aromatic rings. The molecule has 1 N–H and O–H groups in total. The van der Waals surface area contributed by atoms with Gasteiger partial charge in [0.15, 0.2) is 0 Å². The van der Waals surface area contributed by atoms with Crippen molar-refractivity contribution >= 4 is 33.2 Å². The molecule has 0 saturated carbocycles. The van der Waals surface area contributed by atoms with Gasteiger partial charge in [0.1, 0.15) is 0 Å². The number of hydrogen-bond donors (Lipinski definition) is 1. The monoisotopic (exact) mass is 410 g/mol. The van der Waals surface area contributed by atoms with Gasteiger partial charge in [0, 0.05) is 27.7 Å². The standard InChI is InChI=1S/C30H22N2/c1-3-11-22(12-4-1)25-15-7-9-17-28(25)32-29-18-10-8-16-26(29)27-21-24(19-20-30(27)32)31-23-13-5-2-6-14-23/h1-21,31H. The van der Waals surface area contributed by atoms with E-state index in [1.807, 2.05) is 18.2 Å². The zero-order valence-electron chi connectivity index (χ0n) is 17.6. The number of hydrogen-bond acceptors (Lipinski definition) is 1. The second-order valence-corrected chi connectivity index (χ2v) is 7.96. The molecule has 0 saturated heterocycles. The molecule has 2 heteroatoms. The molecule has 2 nitrogen and oxygen atoms in total. The van der Waals surface area contributed by atoms with E-state index in [2.05, 4.69) is 119 Å². The summed E-state index contributed by atoms with van der Waals surface area (Å²) in [6.07, 6.45) is 0. The smallest absolute Gasteiger partial charge is 0.0542 e. The molecule has 0 aliphatic heterocycles. The molecule has 0 aliphatic rings. The third-order valence-corrected chi connectivity index (χ3v) is 5.96. The van der Waals surface area contributed by atoms with Crippen molar-refractivity contribution in [2.75, 3.05) is 5.32 Å². The summed E-state index contributed by atoms with van der Waals surface area (Å²) in [5.74, 6) is 0. The van der Waals surface area contributed by atoms with Crippen LogP contribution in [0.2, 0.25) is 0 Å². The van der Waals surface area contributed by atoms with Crippen LogP contribution < -0.4 is 5.32 Å².